The van der Waals surface area contributed by atoms with E-state index >= 15 is 0 Å². The van der Waals surface area contributed by atoms with Crippen LogP contribution in [0.15, 0.2) is 43.0 Å². The molecule has 0 radical (unpaired) electrons. The maximum atomic E-state index is 13.0. The Morgan fingerprint density at radius 3 is 2.62 bits per heavy atom. The summed E-state index contributed by atoms with van der Waals surface area (Å²) in [5.74, 6) is 1.07. The van der Waals surface area contributed by atoms with Gasteiger partial charge in [-0.3, -0.25) is 4.57 Å². The number of nitrogens with two attached hydrogens (primary N) is 1. The molecular weight excluding hydrogens is 420 g/mol. The normalized spacial score (nSPS) is 14.4. The number of imidazole rings is 1. The van der Waals surface area contributed by atoms with Crippen LogP contribution in [0.2, 0.25) is 0 Å². The van der Waals surface area contributed by atoms with Gasteiger partial charge in [0.15, 0.2) is 17.0 Å². The average Bonchev–Trinajstić information content (AvgIpc) is 3.46. The van der Waals surface area contributed by atoms with Crippen LogP contribution in [-0.4, -0.2) is 55.6 Å². The van der Waals surface area contributed by atoms with E-state index in [1.807, 2.05) is 29.2 Å². The Kier molecular flexibility index (Phi) is 5.27. The van der Waals surface area contributed by atoms with Crippen molar-refractivity contribution < 1.29 is 13.5 Å². The van der Waals surface area contributed by atoms with Crippen molar-refractivity contribution in [2.45, 2.75) is 13.1 Å². The van der Waals surface area contributed by atoms with Crippen LogP contribution in [0, 0.1) is 0 Å². The third kappa shape index (κ3) is 3.91. The summed E-state index contributed by atoms with van der Waals surface area (Å²) < 4.78 is 33.7. The minimum Gasteiger partial charge on any atom is -0.399 e. The van der Waals surface area contributed by atoms with Crippen molar-refractivity contribution in [1.82, 2.24) is 29.3 Å². The molecule has 1 fully saturated rings. The molecule has 32 heavy (non-hydrogen) atoms. The number of hydrogen-bond donors (Lipinski definition) is 2. The summed E-state index contributed by atoms with van der Waals surface area (Å²) in [6.07, 6.45) is 4.14. The Bertz CT molecular complexity index is 1220. The van der Waals surface area contributed by atoms with Crippen LogP contribution < -0.4 is 16.0 Å². The third-order valence-electron chi connectivity index (χ3n) is 5.18. The quantitative estimate of drug-likeness (QED) is 0.439. The fourth-order valence-electron chi connectivity index (χ4n) is 3.49. The average molecular weight is 441 g/mol. The van der Waals surface area contributed by atoms with Gasteiger partial charge in [-0.2, -0.15) is 23.8 Å². The number of benzene rings is 1. The summed E-state index contributed by atoms with van der Waals surface area (Å²) >= 11 is 0. The lowest BCUT2D eigenvalue weighted by atomic mass is 10.2. The van der Waals surface area contributed by atoms with E-state index in [1.54, 1.807) is 4.57 Å². The first-order chi connectivity index (χ1) is 15.6. The molecule has 0 bridgehead atoms. The molecule has 1 aliphatic heterocycles. The number of ether oxygens (including phenoxy) is 1. The first-order valence-corrected chi connectivity index (χ1v) is 10.1. The Balaban J connectivity index is 1.54. The van der Waals surface area contributed by atoms with Crippen molar-refractivity contribution in [3.8, 4) is 5.69 Å². The van der Waals surface area contributed by atoms with E-state index in [-0.39, 0.29) is 0 Å². The zero-order valence-electron chi connectivity index (χ0n) is 17.0. The van der Waals surface area contributed by atoms with Crippen LogP contribution in [0.25, 0.3) is 16.9 Å². The lowest BCUT2D eigenvalue weighted by molar-refractivity contribution is 0.0566. The van der Waals surface area contributed by atoms with Gasteiger partial charge in [-0.15, -0.1) is 0 Å². The third-order valence-corrected chi connectivity index (χ3v) is 5.18. The maximum Gasteiger partial charge on any atom is 0.333 e. The number of rotatable bonds is 6. The molecule has 0 spiro atoms. The lowest BCUT2D eigenvalue weighted by Crippen LogP contribution is -2.37. The maximum absolute atomic E-state index is 13.0. The summed E-state index contributed by atoms with van der Waals surface area (Å²) in [5, 5.41) is 7.04. The van der Waals surface area contributed by atoms with Gasteiger partial charge in [-0.25, -0.2) is 9.67 Å². The zero-order valence-corrected chi connectivity index (χ0v) is 17.0. The van der Waals surface area contributed by atoms with E-state index in [4.69, 9.17) is 20.4 Å². The second-order valence-electron chi connectivity index (χ2n) is 7.31. The highest BCUT2D eigenvalue weighted by Crippen LogP contribution is 2.26. The molecule has 0 saturated carbocycles. The van der Waals surface area contributed by atoms with Crippen LogP contribution in [0.4, 0.5) is 26.2 Å². The predicted molar refractivity (Wildman–Crippen MR) is 115 cm³/mol. The highest BCUT2D eigenvalue weighted by atomic mass is 19.3. The van der Waals surface area contributed by atoms with Gasteiger partial charge in [0, 0.05) is 25.3 Å². The van der Waals surface area contributed by atoms with Crippen LogP contribution in [0.3, 0.4) is 0 Å². The largest absolute Gasteiger partial charge is 0.399 e. The number of hydrogen-bond acceptors (Lipinski definition) is 8. The number of anilines is 3. The smallest absolute Gasteiger partial charge is 0.333 e. The fourth-order valence-corrected chi connectivity index (χ4v) is 3.49. The molecule has 0 unspecified atom stereocenters. The van der Waals surface area contributed by atoms with Gasteiger partial charge in [0.25, 0.3) is 0 Å². The molecule has 1 aliphatic rings. The summed E-state index contributed by atoms with van der Waals surface area (Å²) in [6.45, 7) is 0.243. The van der Waals surface area contributed by atoms with Crippen molar-refractivity contribution in [1.29, 1.82) is 0 Å². The van der Waals surface area contributed by atoms with Crippen LogP contribution in [0.5, 0.6) is 0 Å². The summed E-state index contributed by atoms with van der Waals surface area (Å²) in [7, 11) is 0. The minimum atomic E-state index is -2.73. The highest BCUT2D eigenvalue weighted by molar-refractivity contribution is 5.85. The molecule has 3 N–H and O–H groups in total. The Hall–Kier alpha value is -3.80. The molecule has 1 aromatic carbocycles. The summed E-state index contributed by atoms with van der Waals surface area (Å²) in [4.78, 5) is 15.9. The molecule has 0 amide bonds. The van der Waals surface area contributed by atoms with Gasteiger partial charge >= 0.3 is 6.55 Å². The van der Waals surface area contributed by atoms with Crippen molar-refractivity contribution in [2.24, 2.45) is 0 Å². The molecule has 166 valence electrons. The van der Waals surface area contributed by atoms with Gasteiger partial charge in [0.05, 0.1) is 31.3 Å². The van der Waals surface area contributed by atoms with E-state index in [0.29, 0.717) is 71.8 Å². The molecule has 5 rings (SSSR count). The zero-order chi connectivity index (χ0) is 22.1. The van der Waals surface area contributed by atoms with Crippen molar-refractivity contribution >= 4 is 28.6 Å². The molecule has 0 atom stereocenters. The van der Waals surface area contributed by atoms with Gasteiger partial charge in [-0.1, -0.05) is 12.1 Å². The first-order valence-electron chi connectivity index (χ1n) is 10.1. The minimum absolute atomic E-state index is 0.434. The van der Waals surface area contributed by atoms with E-state index in [1.165, 1.54) is 18.7 Å². The highest BCUT2D eigenvalue weighted by Gasteiger charge is 2.20. The van der Waals surface area contributed by atoms with E-state index in [9.17, 15) is 8.78 Å². The standard InChI is InChI=1S/C20H21F2N9O/c21-19(22)31-11-15(10-26-31)30-12-25-16-17(24-9-13-1-3-14(23)4-2-13)27-20(28-18(16)30)29-5-7-32-8-6-29/h1-4,10-12,19H,5-9,23H2,(H,24,27,28). The number of aromatic nitrogens is 6. The lowest BCUT2D eigenvalue weighted by Gasteiger charge is -2.27. The van der Waals surface area contributed by atoms with E-state index in [2.05, 4.69) is 15.4 Å². The van der Waals surface area contributed by atoms with Gasteiger partial charge < -0.3 is 20.7 Å². The number of halogens is 2. The molecule has 4 aromatic rings. The number of fused-ring (bicyclic) bond motifs is 1. The second-order valence-corrected chi connectivity index (χ2v) is 7.31. The van der Waals surface area contributed by atoms with Gasteiger partial charge in [0.2, 0.25) is 5.95 Å². The monoisotopic (exact) mass is 441 g/mol. The Morgan fingerprint density at radius 1 is 1.12 bits per heavy atom. The van der Waals surface area contributed by atoms with Crippen molar-refractivity contribution in [3.05, 3.63) is 48.5 Å². The van der Waals surface area contributed by atoms with Crippen LogP contribution in [0.1, 0.15) is 12.1 Å². The molecule has 1 saturated heterocycles. The van der Waals surface area contributed by atoms with Gasteiger partial charge in [0.1, 0.15) is 6.33 Å². The number of nitrogen functional groups attached to an aromatic ring is 1. The number of nitrogens with zero attached hydrogens (tertiary/aromatic N) is 7. The second kappa shape index (κ2) is 8.38. The van der Waals surface area contributed by atoms with E-state index in [0.717, 1.165) is 5.56 Å². The molecule has 4 heterocycles. The number of morpholine rings is 1. The van der Waals surface area contributed by atoms with Gasteiger partial charge in [-0.05, 0) is 17.7 Å². The Morgan fingerprint density at radius 2 is 1.91 bits per heavy atom. The number of alkyl halides is 2. The first kappa shape index (κ1) is 20.1. The summed E-state index contributed by atoms with van der Waals surface area (Å²) in [5.41, 5.74) is 8.94. The molecule has 12 heteroatoms. The predicted octanol–water partition coefficient (Wildman–Crippen LogP) is 2.44. The van der Waals surface area contributed by atoms with Crippen LogP contribution >= 0.6 is 0 Å². The topological polar surface area (TPSA) is 112 Å². The molecule has 3 aromatic heterocycles. The van der Waals surface area contributed by atoms with Crippen LogP contribution in [-0.2, 0) is 11.3 Å². The molecule has 10 nitrogen and oxygen atoms in total. The number of nitrogens with one attached hydrogen (secondary N) is 1. The SMILES string of the molecule is Nc1ccc(CNc2nc(N3CCOCC3)nc3c2ncn3-c2cnn(C(F)F)c2)cc1. The Labute approximate surface area is 181 Å². The van der Waals surface area contributed by atoms with Crippen molar-refractivity contribution in [2.75, 3.05) is 42.3 Å². The molecule has 0 aliphatic carbocycles. The molecular formula is C20H21F2N9O. The fraction of sp³-hybridized carbons (Fsp3) is 0.300. The summed E-state index contributed by atoms with van der Waals surface area (Å²) in [6, 6.07) is 7.53. The van der Waals surface area contributed by atoms with E-state index < -0.39 is 6.55 Å². The van der Waals surface area contributed by atoms with Crippen molar-refractivity contribution in [3.63, 3.8) is 0 Å².